The summed E-state index contributed by atoms with van der Waals surface area (Å²) in [5.74, 6) is 3.36. The minimum atomic E-state index is 1.08. The first kappa shape index (κ1) is 7.17. The third-order valence-corrected chi connectivity index (χ3v) is 4.16. The lowest BCUT2D eigenvalue weighted by molar-refractivity contribution is 0.480. The molecule has 2 fully saturated rings. The maximum atomic E-state index is 2.54. The molecule has 0 heteroatoms. The van der Waals surface area contributed by atoms with E-state index < -0.39 is 0 Å². The van der Waals surface area contributed by atoms with Crippen molar-refractivity contribution < 1.29 is 0 Å². The molecular weight excluding hydrogens is 144 g/mol. The standard InChI is InChI=1S/C12H18/c1-2-6-9(5-1)12-10-7-3-4-8-11(10)12/h5,10-12H,1-4,6-8H2/t10-,11-/m0/s1. The fourth-order valence-electron chi connectivity index (χ4n) is 3.54. The predicted molar refractivity (Wildman–Crippen MR) is 50.9 cm³/mol. The summed E-state index contributed by atoms with van der Waals surface area (Å²) < 4.78 is 0. The second kappa shape index (κ2) is 2.61. The molecule has 0 unspecified atom stereocenters. The molecule has 0 N–H and O–H groups in total. The highest BCUT2D eigenvalue weighted by atomic mass is 14.6. The number of hydrogen-bond donors (Lipinski definition) is 0. The molecular formula is C12H18. The molecule has 66 valence electrons. The van der Waals surface area contributed by atoms with Gasteiger partial charge in [-0.15, -0.1) is 0 Å². The third-order valence-electron chi connectivity index (χ3n) is 4.16. The molecule has 0 amide bonds. The van der Waals surface area contributed by atoms with Crippen molar-refractivity contribution in [3.8, 4) is 0 Å². The van der Waals surface area contributed by atoms with Crippen LogP contribution in [0.25, 0.3) is 0 Å². The highest BCUT2D eigenvalue weighted by molar-refractivity contribution is 5.22. The third kappa shape index (κ3) is 0.967. The van der Waals surface area contributed by atoms with Crippen LogP contribution >= 0.6 is 0 Å². The van der Waals surface area contributed by atoms with E-state index in [0.717, 1.165) is 17.8 Å². The van der Waals surface area contributed by atoms with Gasteiger partial charge in [-0.2, -0.15) is 0 Å². The number of fused-ring (bicyclic) bond motifs is 1. The topological polar surface area (TPSA) is 0 Å². The van der Waals surface area contributed by atoms with Gasteiger partial charge in [-0.05, 0) is 49.9 Å². The van der Waals surface area contributed by atoms with Crippen molar-refractivity contribution in [3.05, 3.63) is 11.6 Å². The molecule has 0 bridgehead atoms. The van der Waals surface area contributed by atoms with Crippen LogP contribution in [0.15, 0.2) is 11.6 Å². The van der Waals surface area contributed by atoms with Gasteiger partial charge in [-0.3, -0.25) is 0 Å². The van der Waals surface area contributed by atoms with Crippen molar-refractivity contribution in [1.82, 2.24) is 0 Å². The van der Waals surface area contributed by atoms with Crippen LogP contribution in [0.2, 0.25) is 0 Å². The van der Waals surface area contributed by atoms with Gasteiger partial charge in [0.25, 0.3) is 0 Å². The maximum absolute atomic E-state index is 2.54. The van der Waals surface area contributed by atoms with E-state index in [9.17, 15) is 0 Å². The summed E-state index contributed by atoms with van der Waals surface area (Å²) in [5, 5.41) is 0. The van der Waals surface area contributed by atoms with E-state index in [-0.39, 0.29) is 0 Å². The zero-order valence-electron chi connectivity index (χ0n) is 7.76. The molecule has 3 rings (SSSR count). The quantitative estimate of drug-likeness (QED) is 0.517. The van der Waals surface area contributed by atoms with Gasteiger partial charge in [0, 0.05) is 0 Å². The zero-order valence-corrected chi connectivity index (χ0v) is 7.76. The van der Waals surface area contributed by atoms with Gasteiger partial charge in [0.15, 0.2) is 0 Å². The van der Waals surface area contributed by atoms with Crippen LogP contribution in [0.3, 0.4) is 0 Å². The van der Waals surface area contributed by atoms with Crippen molar-refractivity contribution in [2.45, 2.75) is 44.9 Å². The van der Waals surface area contributed by atoms with E-state index in [1.165, 1.54) is 32.1 Å². The van der Waals surface area contributed by atoms with Gasteiger partial charge in [0.2, 0.25) is 0 Å². The van der Waals surface area contributed by atoms with Crippen molar-refractivity contribution >= 4 is 0 Å². The minimum absolute atomic E-state index is 1.08. The van der Waals surface area contributed by atoms with Gasteiger partial charge in [-0.1, -0.05) is 24.5 Å². The Morgan fingerprint density at radius 2 is 1.75 bits per heavy atom. The Labute approximate surface area is 75.0 Å². The maximum Gasteiger partial charge on any atom is -0.0141 e. The monoisotopic (exact) mass is 162 g/mol. The molecule has 3 aliphatic rings. The van der Waals surface area contributed by atoms with Gasteiger partial charge in [0.1, 0.15) is 0 Å². The molecule has 0 nitrogen and oxygen atoms in total. The fourth-order valence-corrected chi connectivity index (χ4v) is 3.54. The Bertz CT molecular complexity index is 202. The van der Waals surface area contributed by atoms with Crippen molar-refractivity contribution in [1.29, 1.82) is 0 Å². The van der Waals surface area contributed by atoms with E-state index in [4.69, 9.17) is 0 Å². The van der Waals surface area contributed by atoms with E-state index in [1.807, 2.05) is 5.57 Å². The fraction of sp³-hybridized carbons (Fsp3) is 0.833. The Kier molecular flexibility index (Phi) is 1.56. The molecule has 3 aliphatic carbocycles. The lowest BCUT2D eigenvalue weighted by Gasteiger charge is -2.04. The molecule has 0 radical (unpaired) electrons. The lowest BCUT2D eigenvalue weighted by atomic mass is 10.0. The van der Waals surface area contributed by atoms with Crippen LogP contribution in [0.1, 0.15) is 44.9 Å². The summed E-state index contributed by atoms with van der Waals surface area (Å²) in [4.78, 5) is 0. The normalized spacial score (nSPS) is 45.3. The van der Waals surface area contributed by atoms with E-state index in [2.05, 4.69) is 6.08 Å². The number of hydrogen-bond acceptors (Lipinski definition) is 0. The summed E-state index contributed by atoms with van der Waals surface area (Å²) in [6, 6.07) is 0. The van der Waals surface area contributed by atoms with Gasteiger partial charge in [-0.25, -0.2) is 0 Å². The molecule has 2 saturated carbocycles. The number of allylic oxidation sites excluding steroid dienone is 2. The van der Waals surface area contributed by atoms with Crippen LogP contribution in [0.5, 0.6) is 0 Å². The lowest BCUT2D eigenvalue weighted by Crippen LogP contribution is -1.91. The van der Waals surface area contributed by atoms with Crippen molar-refractivity contribution in [2.24, 2.45) is 17.8 Å². The van der Waals surface area contributed by atoms with Gasteiger partial charge < -0.3 is 0 Å². The van der Waals surface area contributed by atoms with Gasteiger partial charge >= 0.3 is 0 Å². The van der Waals surface area contributed by atoms with Crippen molar-refractivity contribution in [2.75, 3.05) is 0 Å². The first-order chi connectivity index (χ1) is 5.97. The SMILES string of the molecule is C1=C(C2[C@H]3CCCC[C@H]23)CCC1. The molecule has 0 aromatic rings. The van der Waals surface area contributed by atoms with E-state index >= 15 is 0 Å². The Morgan fingerprint density at radius 3 is 2.33 bits per heavy atom. The van der Waals surface area contributed by atoms with Crippen LogP contribution < -0.4 is 0 Å². The summed E-state index contributed by atoms with van der Waals surface area (Å²) >= 11 is 0. The Morgan fingerprint density at radius 1 is 1.00 bits per heavy atom. The minimum Gasteiger partial charge on any atom is -0.0850 e. The molecule has 0 spiro atoms. The van der Waals surface area contributed by atoms with E-state index in [1.54, 1.807) is 12.8 Å². The highest BCUT2D eigenvalue weighted by Crippen LogP contribution is 2.60. The second-order valence-electron chi connectivity index (χ2n) is 4.81. The average Bonchev–Trinajstić information content (AvgIpc) is 2.58. The molecule has 0 aliphatic heterocycles. The predicted octanol–water partition coefficient (Wildman–Crippen LogP) is 3.53. The smallest absolute Gasteiger partial charge is 0.0141 e. The van der Waals surface area contributed by atoms with Crippen LogP contribution in [0.4, 0.5) is 0 Å². The molecule has 0 aromatic carbocycles. The molecule has 0 saturated heterocycles. The summed E-state index contributed by atoms with van der Waals surface area (Å²) in [5.41, 5.74) is 1.85. The largest absolute Gasteiger partial charge is 0.0850 e. The molecule has 2 atom stereocenters. The first-order valence-corrected chi connectivity index (χ1v) is 5.66. The first-order valence-electron chi connectivity index (χ1n) is 5.66. The van der Waals surface area contributed by atoms with Crippen molar-refractivity contribution in [3.63, 3.8) is 0 Å². The highest BCUT2D eigenvalue weighted by Gasteiger charge is 2.51. The van der Waals surface area contributed by atoms with Gasteiger partial charge in [0.05, 0.1) is 0 Å². The summed E-state index contributed by atoms with van der Waals surface area (Å²) in [6.45, 7) is 0. The molecule has 12 heavy (non-hydrogen) atoms. The summed E-state index contributed by atoms with van der Waals surface area (Å²) in [6.07, 6.45) is 13.0. The zero-order chi connectivity index (χ0) is 7.97. The van der Waals surface area contributed by atoms with Crippen LogP contribution in [-0.2, 0) is 0 Å². The molecule has 0 aromatic heterocycles. The Balaban J connectivity index is 1.71. The van der Waals surface area contributed by atoms with Crippen LogP contribution in [0, 0.1) is 17.8 Å². The van der Waals surface area contributed by atoms with E-state index in [0.29, 0.717) is 0 Å². The summed E-state index contributed by atoms with van der Waals surface area (Å²) in [7, 11) is 0. The average molecular weight is 162 g/mol. The van der Waals surface area contributed by atoms with Crippen LogP contribution in [-0.4, -0.2) is 0 Å². The second-order valence-corrected chi connectivity index (χ2v) is 4.81. The molecule has 0 heterocycles. The Hall–Kier alpha value is -0.260. The number of rotatable bonds is 1.